The van der Waals surface area contributed by atoms with Crippen LogP contribution in [0.3, 0.4) is 0 Å². The van der Waals surface area contributed by atoms with Crippen molar-refractivity contribution in [2.75, 3.05) is 5.75 Å². The molecule has 1 amide bonds. The van der Waals surface area contributed by atoms with E-state index in [0.717, 1.165) is 0 Å². The average Bonchev–Trinajstić information content (AvgIpc) is 2.26. The summed E-state index contributed by atoms with van der Waals surface area (Å²) >= 11 is 0. The van der Waals surface area contributed by atoms with Crippen molar-refractivity contribution in [3.8, 4) is 6.07 Å². The molecule has 112 valence electrons. The first-order valence-electron chi connectivity index (χ1n) is 6.53. The zero-order chi connectivity index (χ0) is 15.6. The van der Waals surface area contributed by atoms with Crippen LogP contribution in [0.4, 0.5) is 0 Å². The summed E-state index contributed by atoms with van der Waals surface area (Å²) < 4.78 is 25.4. The fourth-order valence-electron chi connectivity index (χ4n) is 2.68. The van der Waals surface area contributed by atoms with E-state index >= 15 is 0 Å². The lowest BCUT2D eigenvalue weighted by molar-refractivity contribution is -0.147. The van der Waals surface area contributed by atoms with Crippen LogP contribution in [0.5, 0.6) is 0 Å². The predicted octanol–water partition coefficient (Wildman–Crippen LogP) is 0.987. The van der Waals surface area contributed by atoms with Crippen molar-refractivity contribution in [3.63, 3.8) is 0 Å². The summed E-state index contributed by atoms with van der Waals surface area (Å²) in [4.78, 5) is 23.4. The smallest absolute Gasteiger partial charge is 0.237 e. The number of hydrogen-bond acceptors (Lipinski definition) is 5. The monoisotopic (exact) mass is 300 g/mol. The Morgan fingerprint density at radius 3 is 2.40 bits per heavy atom. The van der Waals surface area contributed by atoms with Gasteiger partial charge in [0.1, 0.15) is 5.78 Å². The molecular formula is C13H20N2O4S. The van der Waals surface area contributed by atoms with Crippen LogP contribution < -0.4 is 4.72 Å². The summed E-state index contributed by atoms with van der Waals surface area (Å²) in [7, 11) is -3.70. The molecule has 0 saturated heterocycles. The van der Waals surface area contributed by atoms with Crippen molar-refractivity contribution >= 4 is 21.7 Å². The highest BCUT2D eigenvalue weighted by molar-refractivity contribution is 7.90. The molecule has 1 saturated carbocycles. The Balaban J connectivity index is 2.61. The molecule has 1 fully saturated rings. The maximum Gasteiger partial charge on any atom is 0.237 e. The molecule has 0 bridgehead atoms. The minimum absolute atomic E-state index is 0.0240. The molecular weight excluding hydrogens is 280 g/mol. The standard InChI is InChI=1S/C13H20N2O4S/c1-9(16)10-8-11(13(10,2)3)12(17)15-20(18,19)7-5-4-6-14/h10-11H,4-5,7-8H2,1-3H3,(H,15,17)/t10-,11+/m0/s1. The molecule has 0 aliphatic heterocycles. The maximum absolute atomic E-state index is 12.0. The zero-order valence-corrected chi connectivity index (χ0v) is 12.8. The second-order valence-electron chi connectivity index (χ2n) is 5.82. The second kappa shape index (κ2) is 5.92. The van der Waals surface area contributed by atoms with Gasteiger partial charge in [0.25, 0.3) is 0 Å². The molecule has 6 nitrogen and oxygen atoms in total. The minimum atomic E-state index is -3.70. The molecule has 0 aromatic carbocycles. The van der Waals surface area contributed by atoms with Crippen LogP contribution in [0.15, 0.2) is 0 Å². The van der Waals surface area contributed by atoms with E-state index in [-0.39, 0.29) is 30.3 Å². The van der Waals surface area contributed by atoms with Crippen molar-refractivity contribution in [3.05, 3.63) is 0 Å². The van der Waals surface area contributed by atoms with Crippen LogP contribution in [0.2, 0.25) is 0 Å². The van der Waals surface area contributed by atoms with Gasteiger partial charge in [-0.3, -0.25) is 14.3 Å². The van der Waals surface area contributed by atoms with E-state index in [1.165, 1.54) is 6.92 Å². The second-order valence-corrected chi connectivity index (χ2v) is 7.66. The molecule has 20 heavy (non-hydrogen) atoms. The molecule has 0 spiro atoms. The van der Waals surface area contributed by atoms with Crippen LogP contribution >= 0.6 is 0 Å². The Bertz CT molecular complexity index is 545. The first-order chi connectivity index (χ1) is 9.12. The lowest BCUT2D eigenvalue weighted by atomic mass is 9.53. The SMILES string of the molecule is CC(=O)[C@@H]1C[C@H](C(=O)NS(=O)(=O)CCCC#N)C1(C)C. The van der Waals surface area contributed by atoms with E-state index in [4.69, 9.17) is 5.26 Å². The van der Waals surface area contributed by atoms with E-state index in [2.05, 4.69) is 0 Å². The number of nitrogens with one attached hydrogen (secondary N) is 1. The summed E-state index contributed by atoms with van der Waals surface area (Å²) in [6.45, 7) is 5.09. The van der Waals surface area contributed by atoms with Crippen LogP contribution in [0.1, 0.15) is 40.0 Å². The van der Waals surface area contributed by atoms with Gasteiger partial charge >= 0.3 is 0 Å². The highest BCUT2D eigenvalue weighted by Gasteiger charge is 2.54. The molecule has 1 aliphatic carbocycles. The summed E-state index contributed by atoms with van der Waals surface area (Å²) in [5.41, 5.74) is -0.516. The van der Waals surface area contributed by atoms with Crippen molar-refractivity contribution in [1.82, 2.24) is 4.72 Å². The molecule has 7 heteroatoms. The average molecular weight is 300 g/mol. The van der Waals surface area contributed by atoms with Gasteiger partial charge in [-0.05, 0) is 25.2 Å². The zero-order valence-electron chi connectivity index (χ0n) is 12.0. The number of sulfonamides is 1. The lowest BCUT2D eigenvalue weighted by Crippen LogP contribution is -2.55. The van der Waals surface area contributed by atoms with Gasteiger partial charge in [-0.1, -0.05) is 13.8 Å². The van der Waals surface area contributed by atoms with Crippen molar-refractivity contribution in [2.24, 2.45) is 17.3 Å². The topological polar surface area (TPSA) is 104 Å². The van der Waals surface area contributed by atoms with Gasteiger partial charge in [-0.15, -0.1) is 0 Å². The molecule has 1 aliphatic rings. The van der Waals surface area contributed by atoms with Gasteiger partial charge in [-0.2, -0.15) is 5.26 Å². The third-order valence-electron chi connectivity index (χ3n) is 4.03. The Labute approximate surface area is 119 Å². The van der Waals surface area contributed by atoms with Gasteiger partial charge in [0, 0.05) is 18.3 Å². The lowest BCUT2D eigenvalue weighted by Gasteiger charge is -2.49. The van der Waals surface area contributed by atoms with Gasteiger partial charge in [-0.25, -0.2) is 8.42 Å². The fraction of sp³-hybridized carbons (Fsp3) is 0.769. The highest BCUT2D eigenvalue weighted by atomic mass is 32.2. The molecule has 0 heterocycles. The van der Waals surface area contributed by atoms with Gasteiger partial charge in [0.15, 0.2) is 0 Å². The quantitative estimate of drug-likeness (QED) is 0.736. The normalized spacial score (nSPS) is 24.3. The van der Waals surface area contributed by atoms with E-state index in [1.54, 1.807) is 13.8 Å². The highest BCUT2D eigenvalue weighted by Crippen LogP contribution is 2.51. The summed E-state index contributed by atoms with van der Waals surface area (Å²) in [5, 5.41) is 8.37. The predicted molar refractivity (Wildman–Crippen MR) is 72.8 cm³/mol. The Hall–Kier alpha value is -1.42. The van der Waals surface area contributed by atoms with Crippen LogP contribution in [-0.2, 0) is 19.6 Å². The largest absolute Gasteiger partial charge is 0.300 e. The Morgan fingerprint density at radius 1 is 1.35 bits per heavy atom. The number of amides is 1. The molecule has 0 unspecified atom stereocenters. The number of unbranched alkanes of at least 4 members (excludes halogenated alkanes) is 1. The number of Topliss-reactive ketones (excluding diaryl/α,β-unsaturated/α-hetero) is 1. The maximum atomic E-state index is 12.0. The molecule has 1 N–H and O–H groups in total. The summed E-state index contributed by atoms with van der Waals surface area (Å²) in [6.07, 6.45) is 0.724. The van der Waals surface area contributed by atoms with Crippen molar-refractivity contribution in [1.29, 1.82) is 5.26 Å². The van der Waals surface area contributed by atoms with Gasteiger partial charge in [0.05, 0.1) is 11.8 Å². The number of carbonyl (C=O) groups is 2. The Kier molecular flexibility index (Phi) is 4.92. The molecule has 2 atom stereocenters. The molecule has 1 rings (SSSR count). The first-order valence-corrected chi connectivity index (χ1v) is 8.19. The number of nitrogens with zero attached hydrogens (tertiary/aromatic N) is 1. The molecule has 0 aromatic rings. The summed E-state index contributed by atoms with van der Waals surface area (Å²) in [5.74, 6) is -1.43. The van der Waals surface area contributed by atoms with Crippen LogP contribution in [-0.4, -0.2) is 25.9 Å². The van der Waals surface area contributed by atoms with Gasteiger partial charge in [0.2, 0.25) is 15.9 Å². The van der Waals surface area contributed by atoms with Gasteiger partial charge < -0.3 is 0 Å². The molecule has 0 radical (unpaired) electrons. The van der Waals surface area contributed by atoms with Crippen molar-refractivity contribution < 1.29 is 18.0 Å². The minimum Gasteiger partial charge on any atom is -0.300 e. The van der Waals surface area contributed by atoms with Crippen molar-refractivity contribution in [2.45, 2.75) is 40.0 Å². The third-order valence-corrected chi connectivity index (χ3v) is 5.37. The number of hydrogen-bond donors (Lipinski definition) is 1. The number of ketones is 1. The number of nitriles is 1. The van der Waals surface area contributed by atoms with E-state index in [0.29, 0.717) is 6.42 Å². The fourth-order valence-corrected chi connectivity index (χ4v) is 3.75. The first kappa shape index (κ1) is 16.6. The van der Waals surface area contributed by atoms with E-state index < -0.39 is 27.3 Å². The number of carbonyl (C=O) groups excluding carboxylic acids is 2. The number of rotatable bonds is 6. The Morgan fingerprint density at radius 2 is 1.95 bits per heavy atom. The summed E-state index contributed by atoms with van der Waals surface area (Å²) in [6, 6.07) is 1.86. The molecule has 0 aromatic heterocycles. The van der Waals surface area contributed by atoms with E-state index in [1.807, 2.05) is 10.8 Å². The van der Waals surface area contributed by atoms with Crippen LogP contribution in [0, 0.1) is 28.6 Å². The van der Waals surface area contributed by atoms with Crippen LogP contribution in [0.25, 0.3) is 0 Å². The third kappa shape index (κ3) is 3.57. The van der Waals surface area contributed by atoms with E-state index in [9.17, 15) is 18.0 Å².